The number of hydrogen-bond acceptors (Lipinski definition) is 5. The monoisotopic (exact) mass is 447 g/mol. The van der Waals surface area contributed by atoms with Gasteiger partial charge in [0.25, 0.3) is 5.91 Å². The molecule has 0 bridgehead atoms. The lowest BCUT2D eigenvalue weighted by Crippen LogP contribution is -2.39. The summed E-state index contributed by atoms with van der Waals surface area (Å²) in [6.07, 6.45) is -0.659. The first-order valence-corrected chi connectivity index (χ1v) is 9.99. The van der Waals surface area contributed by atoms with Gasteiger partial charge in [-0.25, -0.2) is 4.79 Å². The lowest BCUT2D eigenvalue weighted by molar-refractivity contribution is -0.120. The largest absolute Gasteiger partial charge is 0.484 e. The molecular formula is C22H26ClN3O5. The fourth-order valence-corrected chi connectivity index (χ4v) is 2.49. The van der Waals surface area contributed by atoms with E-state index < -0.39 is 11.7 Å². The lowest BCUT2D eigenvalue weighted by Gasteiger charge is -2.19. The van der Waals surface area contributed by atoms with Gasteiger partial charge in [-0.15, -0.1) is 0 Å². The zero-order chi connectivity index (χ0) is 22.9. The summed E-state index contributed by atoms with van der Waals surface area (Å²) in [7, 11) is 0. The Morgan fingerprint density at radius 1 is 0.968 bits per heavy atom. The quantitative estimate of drug-likeness (QED) is 0.574. The van der Waals surface area contributed by atoms with Gasteiger partial charge in [0.05, 0.1) is 0 Å². The Labute approximate surface area is 186 Å². The minimum Gasteiger partial charge on any atom is -0.484 e. The smallest absolute Gasteiger partial charge is 0.408 e. The summed E-state index contributed by atoms with van der Waals surface area (Å²) in [6, 6.07) is 13.7. The summed E-state index contributed by atoms with van der Waals surface area (Å²) in [5, 5.41) is 8.41. The molecule has 2 aromatic rings. The molecule has 8 nitrogen and oxygen atoms in total. The van der Waals surface area contributed by atoms with Crippen molar-refractivity contribution in [2.24, 2.45) is 0 Å². The second kappa shape index (κ2) is 11.2. The van der Waals surface area contributed by atoms with Crippen molar-refractivity contribution in [3.63, 3.8) is 0 Å². The number of carbonyl (C=O) groups is 3. The average Bonchev–Trinajstić information content (AvgIpc) is 2.69. The predicted molar refractivity (Wildman–Crippen MR) is 118 cm³/mol. The standard InChI is InChI=1S/C22H26ClN3O5/c1-22(2,3)31-21(29)25-13-19(27)24-12-15-5-4-6-17(11-15)26-20(28)14-30-18-9-7-16(23)8-10-18/h4-11H,12-14H2,1-3H3,(H,24,27)(H,25,29)(H,26,28). The molecule has 0 heterocycles. The number of ether oxygens (including phenoxy) is 2. The summed E-state index contributed by atoms with van der Waals surface area (Å²) in [5.74, 6) is -0.148. The van der Waals surface area contributed by atoms with Gasteiger partial charge in [0.15, 0.2) is 6.61 Å². The zero-order valence-corrected chi connectivity index (χ0v) is 18.4. The molecule has 166 valence electrons. The van der Waals surface area contributed by atoms with Crippen molar-refractivity contribution in [3.05, 3.63) is 59.1 Å². The first-order chi connectivity index (χ1) is 14.6. The Kier molecular flexibility index (Phi) is 8.69. The number of anilines is 1. The van der Waals surface area contributed by atoms with E-state index in [4.69, 9.17) is 21.1 Å². The van der Waals surface area contributed by atoms with Crippen molar-refractivity contribution in [1.82, 2.24) is 10.6 Å². The predicted octanol–water partition coefficient (Wildman–Crippen LogP) is 3.50. The third-order valence-electron chi connectivity index (χ3n) is 3.68. The van der Waals surface area contributed by atoms with Crippen LogP contribution in [0, 0.1) is 0 Å². The normalized spacial score (nSPS) is 10.7. The molecule has 3 amide bonds. The maximum absolute atomic E-state index is 12.1. The van der Waals surface area contributed by atoms with Crippen LogP contribution < -0.4 is 20.7 Å². The van der Waals surface area contributed by atoms with E-state index in [-0.39, 0.29) is 31.5 Å². The molecule has 0 aliphatic rings. The second-order valence-electron chi connectivity index (χ2n) is 7.62. The van der Waals surface area contributed by atoms with E-state index in [0.29, 0.717) is 16.5 Å². The molecule has 0 aromatic heterocycles. The number of hydrogen-bond donors (Lipinski definition) is 3. The molecule has 0 fully saturated rings. The van der Waals surface area contributed by atoms with Gasteiger partial charge in [-0.1, -0.05) is 23.7 Å². The van der Waals surface area contributed by atoms with E-state index in [1.54, 1.807) is 69.3 Å². The molecule has 0 aliphatic carbocycles. The molecule has 0 saturated carbocycles. The van der Waals surface area contributed by atoms with E-state index in [1.807, 2.05) is 0 Å². The molecule has 9 heteroatoms. The van der Waals surface area contributed by atoms with Gasteiger partial charge >= 0.3 is 6.09 Å². The summed E-state index contributed by atoms with van der Waals surface area (Å²) in [6.45, 7) is 5.10. The maximum Gasteiger partial charge on any atom is 0.408 e. The highest BCUT2D eigenvalue weighted by atomic mass is 35.5. The van der Waals surface area contributed by atoms with E-state index in [1.165, 1.54) is 0 Å². The van der Waals surface area contributed by atoms with Gasteiger partial charge < -0.3 is 25.4 Å². The van der Waals surface area contributed by atoms with Crippen molar-refractivity contribution >= 4 is 35.2 Å². The van der Waals surface area contributed by atoms with Gasteiger partial charge in [0.1, 0.15) is 17.9 Å². The highest BCUT2D eigenvalue weighted by Crippen LogP contribution is 2.16. The minimum absolute atomic E-state index is 0.154. The minimum atomic E-state index is -0.659. The molecule has 2 rings (SSSR count). The van der Waals surface area contributed by atoms with Crippen LogP contribution in [0.4, 0.5) is 10.5 Å². The van der Waals surface area contributed by atoms with Crippen molar-refractivity contribution in [2.45, 2.75) is 32.9 Å². The van der Waals surface area contributed by atoms with Crippen molar-refractivity contribution in [2.75, 3.05) is 18.5 Å². The van der Waals surface area contributed by atoms with Crippen LogP contribution >= 0.6 is 11.6 Å². The van der Waals surface area contributed by atoms with E-state index in [2.05, 4.69) is 16.0 Å². The second-order valence-corrected chi connectivity index (χ2v) is 8.06. The van der Waals surface area contributed by atoms with E-state index >= 15 is 0 Å². The number of benzene rings is 2. The number of rotatable bonds is 8. The van der Waals surface area contributed by atoms with Gasteiger partial charge in [-0.2, -0.15) is 0 Å². The van der Waals surface area contributed by atoms with Crippen LogP contribution in [0.1, 0.15) is 26.3 Å². The summed E-state index contributed by atoms with van der Waals surface area (Å²) >= 11 is 5.81. The molecular weight excluding hydrogens is 422 g/mol. The average molecular weight is 448 g/mol. The Bertz CT molecular complexity index is 910. The maximum atomic E-state index is 12.1. The van der Waals surface area contributed by atoms with Crippen LogP contribution in [0.25, 0.3) is 0 Å². The highest BCUT2D eigenvalue weighted by Gasteiger charge is 2.16. The summed E-state index contributed by atoms with van der Waals surface area (Å²) in [4.78, 5) is 35.6. The summed E-state index contributed by atoms with van der Waals surface area (Å²) < 4.78 is 10.5. The van der Waals surface area contributed by atoms with Crippen molar-refractivity contribution in [1.29, 1.82) is 0 Å². The molecule has 0 aliphatic heterocycles. The van der Waals surface area contributed by atoms with Crippen LogP contribution in [0.5, 0.6) is 5.75 Å². The SMILES string of the molecule is CC(C)(C)OC(=O)NCC(=O)NCc1cccc(NC(=O)COc2ccc(Cl)cc2)c1. The molecule has 2 aromatic carbocycles. The molecule has 0 saturated heterocycles. The number of halogens is 1. The number of amides is 3. The first-order valence-electron chi connectivity index (χ1n) is 9.61. The van der Waals surface area contributed by atoms with Gasteiger partial charge in [0.2, 0.25) is 5.91 Å². The number of carbonyl (C=O) groups excluding carboxylic acids is 3. The molecule has 0 unspecified atom stereocenters. The van der Waals surface area contributed by atoms with E-state index in [0.717, 1.165) is 5.56 Å². The van der Waals surface area contributed by atoms with Crippen LogP contribution in [-0.4, -0.2) is 36.7 Å². The molecule has 0 atom stereocenters. The van der Waals surface area contributed by atoms with Crippen LogP contribution in [0.15, 0.2) is 48.5 Å². The Morgan fingerprint density at radius 2 is 1.68 bits per heavy atom. The molecule has 31 heavy (non-hydrogen) atoms. The zero-order valence-electron chi connectivity index (χ0n) is 17.7. The van der Waals surface area contributed by atoms with Gasteiger partial charge in [-0.05, 0) is 62.7 Å². The number of nitrogens with one attached hydrogen (secondary N) is 3. The lowest BCUT2D eigenvalue weighted by atomic mass is 10.2. The number of alkyl carbamates (subject to hydrolysis) is 1. The fraction of sp³-hybridized carbons (Fsp3) is 0.318. The highest BCUT2D eigenvalue weighted by molar-refractivity contribution is 6.30. The molecule has 3 N–H and O–H groups in total. The summed E-state index contributed by atoms with van der Waals surface area (Å²) in [5.41, 5.74) is 0.719. The van der Waals surface area contributed by atoms with Crippen LogP contribution in [0.2, 0.25) is 5.02 Å². The van der Waals surface area contributed by atoms with Crippen molar-refractivity contribution in [3.8, 4) is 5.75 Å². The third-order valence-corrected chi connectivity index (χ3v) is 3.93. The Hall–Kier alpha value is -3.26. The van der Waals surface area contributed by atoms with E-state index in [9.17, 15) is 14.4 Å². The first kappa shape index (κ1) is 24.0. The fourth-order valence-electron chi connectivity index (χ4n) is 2.37. The topological polar surface area (TPSA) is 106 Å². The van der Waals surface area contributed by atoms with Crippen molar-refractivity contribution < 1.29 is 23.9 Å². The Morgan fingerprint density at radius 3 is 2.35 bits per heavy atom. The van der Waals surface area contributed by atoms with Gasteiger partial charge in [-0.3, -0.25) is 9.59 Å². The Balaban J connectivity index is 1.75. The third kappa shape index (κ3) is 9.86. The van der Waals surface area contributed by atoms with Gasteiger partial charge in [0, 0.05) is 17.3 Å². The molecule has 0 radical (unpaired) electrons. The molecule has 0 spiro atoms. The van der Waals surface area contributed by atoms with Crippen LogP contribution in [0.3, 0.4) is 0 Å². The van der Waals surface area contributed by atoms with Crippen LogP contribution in [-0.2, 0) is 20.9 Å².